The predicted octanol–water partition coefficient (Wildman–Crippen LogP) is 4.55. The van der Waals surface area contributed by atoms with E-state index < -0.39 is 18.0 Å². The van der Waals surface area contributed by atoms with Crippen LogP contribution in [0.4, 0.5) is 19.0 Å². The Labute approximate surface area is 164 Å². The van der Waals surface area contributed by atoms with Crippen molar-refractivity contribution < 1.29 is 23.1 Å². The van der Waals surface area contributed by atoms with Crippen LogP contribution in [0, 0.1) is 12.8 Å². The fraction of sp³-hybridized carbons (Fsp3) is 0.286. The molecule has 3 aromatic rings. The molecule has 2 N–H and O–H groups in total. The van der Waals surface area contributed by atoms with Gasteiger partial charge >= 0.3 is 6.18 Å². The van der Waals surface area contributed by atoms with Crippen LogP contribution in [-0.2, 0) is 4.79 Å². The molecule has 0 saturated heterocycles. The SMILES string of the molecule is Cc1cc([C@H](O)C(F)(F)F)ncc1-c1ccc2cc(NC(=O)C3CC3)ncc2c1. The summed E-state index contributed by atoms with van der Waals surface area (Å²) in [5, 5.41) is 13.9. The number of pyridine rings is 2. The molecule has 0 aliphatic heterocycles. The summed E-state index contributed by atoms with van der Waals surface area (Å²) in [6.45, 7) is 1.67. The summed E-state index contributed by atoms with van der Waals surface area (Å²) >= 11 is 0. The molecule has 4 rings (SSSR count). The third kappa shape index (κ3) is 4.07. The van der Waals surface area contributed by atoms with Gasteiger partial charge in [-0.2, -0.15) is 13.2 Å². The van der Waals surface area contributed by atoms with Gasteiger partial charge in [0, 0.05) is 29.3 Å². The van der Waals surface area contributed by atoms with E-state index in [1.165, 1.54) is 12.3 Å². The Kier molecular flexibility index (Phi) is 4.74. The molecule has 8 heteroatoms. The Morgan fingerprint density at radius 3 is 2.55 bits per heavy atom. The smallest absolute Gasteiger partial charge is 0.378 e. The average molecular weight is 401 g/mol. The molecule has 1 aliphatic carbocycles. The topological polar surface area (TPSA) is 75.1 Å². The van der Waals surface area contributed by atoms with Gasteiger partial charge in [-0.3, -0.25) is 9.78 Å². The molecule has 150 valence electrons. The summed E-state index contributed by atoms with van der Waals surface area (Å²) in [6.07, 6.45) is -2.57. The molecule has 2 heterocycles. The zero-order chi connectivity index (χ0) is 20.8. The molecule has 5 nitrogen and oxygen atoms in total. The second-order valence-corrected chi connectivity index (χ2v) is 7.26. The van der Waals surface area contributed by atoms with Gasteiger partial charge < -0.3 is 10.4 Å². The van der Waals surface area contributed by atoms with Gasteiger partial charge in [-0.15, -0.1) is 0 Å². The number of hydrogen-bond acceptors (Lipinski definition) is 4. The number of aromatic nitrogens is 2. The number of amides is 1. The monoisotopic (exact) mass is 401 g/mol. The molecule has 1 amide bonds. The van der Waals surface area contributed by atoms with E-state index in [2.05, 4.69) is 15.3 Å². The van der Waals surface area contributed by atoms with E-state index >= 15 is 0 Å². The van der Waals surface area contributed by atoms with Gasteiger partial charge in [0.15, 0.2) is 6.10 Å². The lowest BCUT2D eigenvalue weighted by Gasteiger charge is -2.15. The Balaban J connectivity index is 1.61. The van der Waals surface area contributed by atoms with Crippen LogP contribution in [0.1, 0.15) is 30.2 Å². The Morgan fingerprint density at radius 2 is 1.90 bits per heavy atom. The molecule has 0 bridgehead atoms. The summed E-state index contributed by atoms with van der Waals surface area (Å²) in [7, 11) is 0. The third-order valence-electron chi connectivity index (χ3n) is 4.95. The maximum absolute atomic E-state index is 12.7. The minimum absolute atomic E-state index is 0.0173. The lowest BCUT2D eigenvalue weighted by molar-refractivity contribution is -0.207. The van der Waals surface area contributed by atoms with Crippen molar-refractivity contribution in [3.05, 3.63) is 54.0 Å². The zero-order valence-electron chi connectivity index (χ0n) is 15.5. The highest BCUT2D eigenvalue weighted by atomic mass is 19.4. The number of rotatable bonds is 4. The molecule has 1 fully saturated rings. The average Bonchev–Trinajstić information content (AvgIpc) is 3.51. The van der Waals surface area contributed by atoms with Gasteiger partial charge in [-0.05, 0) is 54.5 Å². The van der Waals surface area contributed by atoms with Crippen molar-refractivity contribution in [3.63, 3.8) is 0 Å². The number of nitrogens with one attached hydrogen (secondary N) is 1. The quantitative estimate of drug-likeness (QED) is 0.673. The molecule has 1 atom stereocenters. The van der Waals surface area contributed by atoms with Crippen LogP contribution in [0.15, 0.2) is 42.7 Å². The molecule has 29 heavy (non-hydrogen) atoms. The number of aliphatic hydroxyl groups is 1. The lowest BCUT2D eigenvalue weighted by Crippen LogP contribution is -2.21. The maximum Gasteiger partial charge on any atom is 0.420 e. The van der Waals surface area contributed by atoms with E-state index in [0.29, 0.717) is 16.9 Å². The summed E-state index contributed by atoms with van der Waals surface area (Å²) in [4.78, 5) is 19.9. The van der Waals surface area contributed by atoms with Gasteiger partial charge in [-0.1, -0.05) is 12.1 Å². The number of aliphatic hydroxyl groups excluding tert-OH is 1. The fourth-order valence-corrected chi connectivity index (χ4v) is 3.15. The highest BCUT2D eigenvalue weighted by Crippen LogP contribution is 2.34. The van der Waals surface area contributed by atoms with Crippen molar-refractivity contribution >= 4 is 22.5 Å². The van der Waals surface area contributed by atoms with E-state index in [4.69, 9.17) is 0 Å². The summed E-state index contributed by atoms with van der Waals surface area (Å²) in [6, 6.07) is 8.58. The van der Waals surface area contributed by atoms with E-state index in [1.54, 1.807) is 19.2 Å². The van der Waals surface area contributed by atoms with Gasteiger partial charge in [0.2, 0.25) is 5.91 Å². The van der Waals surface area contributed by atoms with Crippen LogP contribution in [0.3, 0.4) is 0 Å². The number of aryl methyl sites for hydroxylation is 1. The summed E-state index contributed by atoms with van der Waals surface area (Å²) in [5.74, 6) is 0.561. The third-order valence-corrected chi connectivity index (χ3v) is 4.95. The highest BCUT2D eigenvalue weighted by molar-refractivity contribution is 5.96. The van der Waals surface area contributed by atoms with Crippen LogP contribution in [0.25, 0.3) is 21.9 Å². The second kappa shape index (κ2) is 7.11. The standard InChI is InChI=1S/C21H18F3N3O2/c1-11-6-17(19(28)21(22,23)24)25-10-16(11)14-5-4-13-8-18(26-9-15(13)7-14)27-20(29)12-2-3-12/h4-10,12,19,28H,2-3H2,1H3,(H,26,27,29)/t19-/m0/s1. The summed E-state index contributed by atoms with van der Waals surface area (Å²) < 4.78 is 38.1. The first kappa shape index (κ1) is 19.3. The van der Waals surface area contributed by atoms with Gasteiger partial charge in [0.25, 0.3) is 0 Å². The Hall–Kier alpha value is -3.00. The predicted molar refractivity (Wildman–Crippen MR) is 102 cm³/mol. The van der Waals surface area contributed by atoms with Gasteiger partial charge in [0.05, 0.1) is 5.69 Å². The molecular weight excluding hydrogens is 383 g/mol. The number of carbonyl (C=O) groups excluding carboxylic acids is 1. The van der Waals surface area contributed by atoms with Crippen molar-refractivity contribution in [3.8, 4) is 11.1 Å². The van der Waals surface area contributed by atoms with E-state index in [0.717, 1.165) is 29.2 Å². The van der Waals surface area contributed by atoms with E-state index in [9.17, 15) is 23.1 Å². The number of alkyl halides is 3. The van der Waals surface area contributed by atoms with Gasteiger partial charge in [-0.25, -0.2) is 4.98 Å². The first-order valence-corrected chi connectivity index (χ1v) is 9.15. The van der Waals surface area contributed by atoms with E-state index in [-0.39, 0.29) is 11.8 Å². The first-order valence-electron chi connectivity index (χ1n) is 9.15. The molecule has 0 radical (unpaired) electrons. The molecule has 2 aromatic heterocycles. The number of benzene rings is 1. The second-order valence-electron chi connectivity index (χ2n) is 7.26. The van der Waals surface area contributed by atoms with Crippen LogP contribution >= 0.6 is 0 Å². The number of hydrogen-bond donors (Lipinski definition) is 2. The molecule has 0 unspecified atom stereocenters. The van der Waals surface area contributed by atoms with Crippen LogP contribution in [0.5, 0.6) is 0 Å². The Bertz CT molecular complexity index is 1090. The lowest BCUT2D eigenvalue weighted by atomic mass is 9.99. The molecule has 0 spiro atoms. The minimum Gasteiger partial charge on any atom is -0.378 e. The van der Waals surface area contributed by atoms with Crippen molar-refractivity contribution in [1.82, 2.24) is 9.97 Å². The first-order chi connectivity index (χ1) is 13.7. The van der Waals surface area contributed by atoms with Crippen LogP contribution in [-0.4, -0.2) is 27.2 Å². The Morgan fingerprint density at radius 1 is 1.14 bits per heavy atom. The van der Waals surface area contributed by atoms with Crippen molar-refractivity contribution in [1.29, 1.82) is 0 Å². The molecule has 1 aliphatic rings. The number of halogens is 3. The van der Waals surface area contributed by atoms with Crippen molar-refractivity contribution in [2.75, 3.05) is 5.32 Å². The minimum atomic E-state index is -4.76. The molecular formula is C21H18F3N3O2. The number of fused-ring (bicyclic) bond motifs is 1. The van der Waals surface area contributed by atoms with Crippen molar-refractivity contribution in [2.45, 2.75) is 32.0 Å². The molecule has 1 aromatic carbocycles. The number of anilines is 1. The number of carbonyl (C=O) groups is 1. The highest BCUT2D eigenvalue weighted by Gasteiger charge is 2.40. The summed E-state index contributed by atoms with van der Waals surface area (Å²) in [5.41, 5.74) is 1.57. The van der Waals surface area contributed by atoms with Gasteiger partial charge in [0.1, 0.15) is 5.82 Å². The van der Waals surface area contributed by atoms with Crippen molar-refractivity contribution in [2.24, 2.45) is 5.92 Å². The fourth-order valence-electron chi connectivity index (χ4n) is 3.15. The molecule has 1 saturated carbocycles. The van der Waals surface area contributed by atoms with Crippen LogP contribution in [0.2, 0.25) is 0 Å². The zero-order valence-corrected chi connectivity index (χ0v) is 15.5. The van der Waals surface area contributed by atoms with Crippen LogP contribution < -0.4 is 5.32 Å². The largest absolute Gasteiger partial charge is 0.420 e. The number of nitrogens with zero attached hydrogens (tertiary/aromatic N) is 2. The van der Waals surface area contributed by atoms with E-state index in [1.807, 2.05) is 18.2 Å². The maximum atomic E-state index is 12.7. The normalized spacial score (nSPS) is 15.3.